The number of aromatic nitrogens is 1. The zero-order valence-corrected chi connectivity index (χ0v) is 11.4. The third-order valence-corrected chi connectivity index (χ3v) is 3.76. The third-order valence-electron chi connectivity index (χ3n) is 2.57. The van der Waals surface area contributed by atoms with Crippen molar-refractivity contribution >= 4 is 11.3 Å². The normalized spacial score (nSPS) is 14.1. The van der Waals surface area contributed by atoms with Gasteiger partial charge in [0.05, 0.1) is 5.69 Å². The Balaban J connectivity index is 2.70. The lowest BCUT2D eigenvalue weighted by Crippen LogP contribution is -2.23. The molecule has 0 aliphatic carbocycles. The summed E-state index contributed by atoms with van der Waals surface area (Å²) in [5, 5.41) is 3.12. The van der Waals surface area contributed by atoms with Crippen LogP contribution in [0.3, 0.4) is 0 Å². The summed E-state index contributed by atoms with van der Waals surface area (Å²) in [7, 11) is 0. The van der Waals surface area contributed by atoms with E-state index >= 15 is 0 Å². The first-order valence-corrected chi connectivity index (χ1v) is 6.72. The number of rotatable bonds is 6. The number of thiazole rings is 1. The standard InChI is InChI=1S/C12H22N2OS/c1-5-9(13)7-10-8-16-11(14-10)12(3,4)15-6-2/h8-9H,5-7,13H2,1-4H3. The minimum atomic E-state index is -0.284. The van der Waals surface area contributed by atoms with E-state index in [9.17, 15) is 0 Å². The van der Waals surface area contributed by atoms with Gasteiger partial charge in [-0.3, -0.25) is 0 Å². The van der Waals surface area contributed by atoms with Crippen molar-refractivity contribution in [1.82, 2.24) is 4.98 Å². The van der Waals surface area contributed by atoms with Crippen molar-refractivity contribution in [3.05, 3.63) is 16.1 Å². The molecule has 1 aromatic rings. The van der Waals surface area contributed by atoms with E-state index in [1.54, 1.807) is 11.3 Å². The molecule has 1 atom stereocenters. The molecule has 1 rings (SSSR count). The van der Waals surface area contributed by atoms with Crippen LogP contribution in [0.25, 0.3) is 0 Å². The lowest BCUT2D eigenvalue weighted by Gasteiger charge is -2.21. The number of hydrogen-bond donors (Lipinski definition) is 1. The van der Waals surface area contributed by atoms with Gasteiger partial charge >= 0.3 is 0 Å². The van der Waals surface area contributed by atoms with Crippen LogP contribution in [0, 0.1) is 0 Å². The fourth-order valence-electron chi connectivity index (χ4n) is 1.51. The van der Waals surface area contributed by atoms with Gasteiger partial charge in [-0.15, -0.1) is 11.3 Å². The average Bonchev–Trinajstić information content (AvgIpc) is 2.66. The van der Waals surface area contributed by atoms with Gasteiger partial charge in [0.2, 0.25) is 0 Å². The number of hydrogen-bond acceptors (Lipinski definition) is 4. The topological polar surface area (TPSA) is 48.1 Å². The summed E-state index contributed by atoms with van der Waals surface area (Å²) in [5.41, 5.74) is 6.72. The number of ether oxygens (including phenoxy) is 1. The van der Waals surface area contributed by atoms with Gasteiger partial charge in [-0.05, 0) is 27.2 Å². The van der Waals surface area contributed by atoms with E-state index in [0.29, 0.717) is 6.61 Å². The van der Waals surface area contributed by atoms with E-state index in [2.05, 4.69) is 31.1 Å². The Bertz CT molecular complexity index is 323. The summed E-state index contributed by atoms with van der Waals surface area (Å²) < 4.78 is 5.68. The van der Waals surface area contributed by atoms with Crippen molar-refractivity contribution in [3.8, 4) is 0 Å². The molecule has 0 bridgehead atoms. The molecule has 3 nitrogen and oxygen atoms in total. The molecule has 92 valence electrons. The predicted molar refractivity (Wildman–Crippen MR) is 68.7 cm³/mol. The highest BCUT2D eigenvalue weighted by Crippen LogP contribution is 2.27. The first kappa shape index (κ1) is 13.6. The van der Waals surface area contributed by atoms with Crippen molar-refractivity contribution in [1.29, 1.82) is 0 Å². The Morgan fingerprint density at radius 2 is 2.19 bits per heavy atom. The molecule has 1 heterocycles. The van der Waals surface area contributed by atoms with Gasteiger partial charge < -0.3 is 10.5 Å². The molecule has 0 aliphatic rings. The predicted octanol–water partition coefficient (Wildman–Crippen LogP) is 2.69. The van der Waals surface area contributed by atoms with Crippen molar-refractivity contribution in [2.24, 2.45) is 5.73 Å². The van der Waals surface area contributed by atoms with Crippen LogP contribution in [0.4, 0.5) is 0 Å². The van der Waals surface area contributed by atoms with E-state index in [1.165, 1.54) is 0 Å². The fourth-order valence-corrected chi connectivity index (χ4v) is 2.42. The second kappa shape index (κ2) is 5.75. The molecule has 1 aromatic heterocycles. The molecular weight excluding hydrogens is 220 g/mol. The molecule has 2 N–H and O–H groups in total. The Hall–Kier alpha value is -0.450. The van der Waals surface area contributed by atoms with Crippen molar-refractivity contribution in [2.45, 2.75) is 52.2 Å². The SMILES string of the molecule is CCOC(C)(C)c1nc(CC(N)CC)cs1. The third kappa shape index (κ3) is 3.54. The molecule has 0 aromatic carbocycles. The zero-order chi connectivity index (χ0) is 12.2. The number of nitrogens with zero attached hydrogens (tertiary/aromatic N) is 1. The summed E-state index contributed by atoms with van der Waals surface area (Å²) in [4.78, 5) is 4.60. The van der Waals surface area contributed by atoms with E-state index in [4.69, 9.17) is 10.5 Å². The summed E-state index contributed by atoms with van der Waals surface area (Å²) in [6, 6.07) is 0.213. The van der Waals surface area contributed by atoms with E-state index in [-0.39, 0.29) is 11.6 Å². The quantitative estimate of drug-likeness (QED) is 0.834. The van der Waals surface area contributed by atoms with Gasteiger partial charge in [-0.25, -0.2) is 4.98 Å². The molecule has 16 heavy (non-hydrogen) atoms. The lowest BCUT2D eigenvalue weighted by molar-refractivity contribution is -0.0142. The average molecular weight is 242 g/mol. The van der Waals surface area contributed by atoms with E-state index < -0.39 is 0 Å². The minimum Gasteiger partial charge on any atom is -0.369 e. The Morgan fingerprint density at radius 3 is 2.75 bits per heavy atom. The van der Waals surface area contributed by atoms with Gasteiger partial charge in [0.15, 0.2) is 0 Å². The summed E-state index contributed by atoms with van der Waals surface area (Å²) >= 11 is 1.66. The molecule has 0 fully saturated rings. The summed E-state index contributed by atoms with van der Waals surface area (Å²) in [6.07, 6.45) is 1.84. The highest BCUT2D eigenvalue weighted by Gasteiger charge is 2.24. The van der Waals surface area contributed by atoms with Gasteiger partial charge in [0.1, 0.15) is 10.6 Å². The first-order chi connectivity index (χ1) is 7.49. The molecule has 0 saturated carbocycles. The second-order valence-electron chi connectivity index (χ2n) is 4.46. The maximum absolute atomic E-state index is 5.92. The maximum Gasteiger partial charge on any atom is 0.124 e. The van der Waals surface area contributed by atoms with E-state index in [1.807, 2.05) is 6.92 Å². The Kier molecular flexibility index (Phi) is 4.89. The van der Waals surface area contributed by atoms with Crippen molar-refractivity contribution in [2.75, 3.05) is 6.61 Å². The van der Waals surface area contributed by atoms with Crippen LogP contribution in [0.15, 0.2) is 5.38 Å². The van der Waals surface area contributed by atoms with Crippen LogP contribution in [-0.4, -0.2) is 17.6 Å². The van der Waals surface area contributed by atoms with Gasteiger partial charge in [-0.2, -0.15) is 0 Å². The minimum absolute atomic E-state index is 0.213. The number of nitrogens with two attached hydrogens (primary N) is 1. The Labute approximate surface area is 102 Å². The second-order valence-corrected chi connectivity index (χ2v) is 5.32. The van der Waals surface area contributed by atoms with Gasteiger partial charge in [-0.1, -0.05) is 6.92 Å². The lowest BCUT2D eigenvalue weighted by atomic mass is 10.1. The van der Waals surface area contributed by atoms with Gasteiger partial charge in [0, 0.05) is 24.4 Å². The molecule has 0 radical (unpaired) electrons. The highest BCUT2D eigenvalue weighted by molar-refractivity contribution is 7.09. The largest absolute Gasteiger partial charge is 0.369 e. The first-order valence-electron chi connectivity index (χ1n) is 5.84. The molecule has 0 saturated heterocycles. The van der Waals surface area contributed by atoms with Crippen LogP contribution in [-0.2, 0) is 16.8 Å². The smallest absolute Gasteiger partial charge is 0.124 e. The molecule has 0 amide bonds. The van der Waals surface area contributed by atoms with Crippen LogP contribution in [0.5, 0.6) is 0 Å². The molecule has 4 heteroatoms. The van der Waals surface area contributed by atoms with Crippen molar-refractivity contribution < 1.29 is 4.74 Å². The molecule has 0 aliphatic heterocycles. The van der Waals surface area contributed by atoms with Crippen molar-refractivity contribution in [3.63, 3.8) is 0 Å². The maximum atomic E-state index is 5.92. The zero-order valence-electron chi connectivity index (χ0n) is 10.6. The summed E-state index contributed by atoms with van der Waals surface area (Å²) in [5.74, 6) is 0. The monoisotopic (exact) mass is 242 g/mol. The van der Waals surface area contributed by atoms with Crippen LogP contribution < -0.4 is 5.73 Å². The highest BCUT2D eigenvalue weighted by atomic mass is 32.1. The summed E-state index contributed by atoms with van der Waals surface area (Å²) in [6.45, 7) is 8.92. The van der Waals surface area contributed by atoms with Crippen LogP contribution >= 0.6 is 11.3 Å². The molecule has 1 unspecified atom stereocenters. The Morgan fingerprint density at radius 1 is 1.50 bits per heavy atom. The van der Waals surface area contributed by atoms with Crippen LogP contribution in [0.2, 0.25) is 0 Å². The molecule has 0 spiro atoms. The molecular formula is C12H22N2OS. The van der Waals surface area contributed by atoms with Gasteiger partial charge in [0.25, 0.3) is 0 Å². The fraction of sp³-hybridized carbons (Fsp3) is 0.750. The van der Waals surface area contributed by atoms with Crippen LogP contribution in [0.1, 0.15) is 44.8 Å². The van der Waals surface area contributed by atoms with E-state index in [0.717, 1.165) is 23.5 Å².